The van der Waals surface area contributed by atoms with E-state index in [1.54, 1.807) is 12.0 Å². The number of amides is 1. The molecule has 4 atom stereocenters. The van der Waals surface area contributed by atoms with Gasteiger partial charge in [0.25, 0.3) is 0 Å². The van der Waals surface area contributed by atoms with Gasteiger partial charge in [-0.25, -0.2) is 4.79 Å². The molecule has 0 N–H and O–H groups in total. The average molecular weight is 586 g/mol. The number of β-lactam (4-membered cyclic amide) rings is 1. The largest absolute Gasteiger partial charge is 0.497 e. The summed E-state index contributed by atoms with van der Waals surface area (Å²) >= 11 is 2.28. The van der Waals surface area contributed by atoms with Crippen LogP contribution in [0.3, 0.4) is 0 Å². The first-order chi connectivity index (χ1) is 15.8. The molecule has 1 amide bonds. The van der Waals surface area contributed by atoms with E-state index in [1.165, 1.54) is 0 Å². The molecule has 6 nitrogen and oxygen atoms in total. The molecule has 8 heteroatoms. The summed E-state index contributed by atoms with van der Waals surface area (Å²) in [7, 11) is -0.215. The van der Waals surface area contributed by atoms with Gasteiger partial charge >= 0.3 is 5.97 Å². The number of carbonyl (C=O) groups is 2. The number of hydrogen-bond acceptors (Lipinski definition) is 5. The molecule has 1 aromatic rings. The number of rotatable bonds is 11. The summed E-state index contributed by atoms with van der Waals surface area (Å²) in [5.74, 6) is 0.220. The van der Waals surface area contributed by atoms with Gasteiger partial charge in [0.1, 0.15) is 18.1 Å². The molecular formula is C25H36INO5Si. The lowest BCUT2D eigenvalue weighted by molar-refractivity contribution is -0.163. The second kappa shape index (κ2) is 10.9. The van der Waals surface area contributed by atoms with Crippen LogP contribution >= 0.6 is 22.6 Å². The first-order valence-electron chi connectivity index (χ1n) is 11.9. The van der Waals surface area contributed by atoms with Gasteiger partial charge in [-0.3, -0.25) is 4.79 Å². The van der Waals surface area contributed by atoms with Crippen molar-refractivity contribution in [3.63, 3.8) is 0 Å². The minimum atomic E-state index is -1.83. The molecule has 33 heavy (non-hydrogen) atoms. The van der Waals surface area contributed by atoms with Crippen molar-refractivity contribution < 1.29 is 23.5 Å². The van der Waals surface area contributed by atoms with Gasteiger partial charge in [-0.15, -0.1) is 0 Å². The number of nitrogens with zero attached hydrogens (tertiary/aromatic N) is 1. The van der Waals surface area contributed by atoms with Gasteiger partial charge in [-0.1, -0.05) is 62.4 Å². The number of alkyl halides is 1. The van der Waals surface area contributed by atoms with Crippen molar-refractivity contribution in [1.29, 1.82) is 0 Å². The zero-order chi connectivity index (χ0) is 24.3. The van der Waals surface area contributed by atoms with Crippen LogP contribution in [0.1, 0.15) is 40.2 Å². The summed E-state index contributed by atoms with van der Waals surface area (Å²) in [5, 5.41) is 0. The third-order valence-electron chi connectivity index (χ3n) is 7.54. The lowest BCUT2D eigenvalue weighted by Crippen LogP contribution is -2.65. The first-order valence-corrected chi connectivity index (χ1v) is 15.9. The molecule has 1 unspecified atom stereocenters. The predicted octanol–water partition coefficient (Wildman–Crippen LogP) is 5.31. The second-order valence-corrected chi connectivity index (χ2v) is 14.5. The minimum Gasteiger partial charge on any atom is -0.497 e. The number of esters is 1. The Morgan fingerprint density at radius 1 is 1.15 bits per heavy atom. The van der Waals surface area contributed by atoms with Gasteiger partial charge < -0.3 is 18.8 Å². The number of fused-ring (bicyclic) bond motifs is 1. The molecule has 2 heterocycles. The second-order valence-electron chi connectivity index (χ2n) is 9.01. The molecule has 0 bridgehead atoms. The Morgan fingerprint density at radius 2 is 1.76 bits per heavy atom. The minimum absolute atomic E-state index is 0.0122. The molecule has 0 spiro atoms. The predicted molar refractivity (Wildman–Crippen MR) is 140 cm³/mol. The molecule has 1 saturated heterocycles. The smallest absolute Gasteiger partial charge is 0.355 e. The molecule has 0 saturated carbocycles. The SMILES string of the molecule is CC[Si](CC)(CC)OC(C)[C@H]1C(=O)N2C(C(=O)OCc3ccc(OC)cc3)=C(CI)[C@H](C)[C@H]12. The normalized spacial score (nSPS) is 23.3. The van der Waals surface area contributed by atoms with Crippen molar-refractivity contribution in [2.24, 2.45) is 11.8 Å². The molecule has 2 aliphatic heterocycles. The van der Waals surface area contributed by atoms with Crippen LogP contribution in [0, 0.1) is 11.8 Å². The lowest BCUT2D eigenvalue weighted by atomic mass is 9.78. The summed E-state index contributed by atoms with van der Waals surface area (Å²) in [6.07, 6.45) is -0.141. The van der Waals surface area contributed by atoms with Crippen molar-refractivity contribution in [3.05, 3.63) is 41.1 Å². The summed E-state index contributed by atoms with van der Waals surface area (Å²) in [4.78, 5) is 28.1. The van der Waals surface area contributed by atoms with Crippen LogP contribution in [0.25, 0.3) is 0 Å². The van der Waals surface area contributed by atoms with Gasteiger partial charge in [-0.2, -0.15) is 0 Å². The van der Waals surface area contributed by atoms with Gasteiger partial charge in [0.15, 0.2) is 8.32 Å². The summed E-state index contributed by atoms with van der Waals surface area (Å²) in [6, 6.07) is 10.5. The Balaban J connectivity index is 1.73. The number of hydrogen-bond donors (Lipinski definition) is 0. The Bertz CT molecular complexity index is 890. The molecule has 0 aliphatic carbocycles. The topological polar surface area (TPSA) is 65.1 Å². The van der Waals surface area contributed by atoms with E-state index in [0.717, 1.165) is 35.0 Å². The van der Waals surface area contributed by atoms with E-state index in [0.29, 0.717) is 10.1 Å². The summed E-state index contributed by atoms with van der Waals surface area (Å²) in [5.41, 5.74) is 2.31. The van der Waals surface area contributed by atoms with E-state index in [-0.39, 0.29) is 36.5 Å². The van der Waals surface area contributed by atoms with Crippen molar-refractivity contribution >= 4 is 42.8 Å². The summed E-state index contributed by atoms with van der Waals surface area (Å²) in [6.45, 7) is 10.9. The van der Waals surface area contributed by atoms with Crippen LogP contribution in [-0.2, 0) is 25.4 Å². The van der Waals surface area contributed by atoms with Gasteiger partial charge in [0.2, 0.25) is 5.91 Å². The van der Waals surface area contributed by atoms with Crippen molar-refractivity contribution in [2.75, 3.05) is 11.5 Å². The zero-order valence-corrected chi connectivity index (χ0v) is 23.7. The molecule has 0 radical (unpaired) electrons. The maximum absolute atomic E-state index is 13.3. The van der Waals surface area contributed by atoms with Crippen LogP contribution < -0.4 is 4.74 Å². The highest BCUT2D eigenvalue weighted by molar-refractivity contribution is 14.1. The highest BCUT2D eigenvalue weighted by Crippen LogP contribution is 2.49. The lowest BCUT2D eigenvalue weighted by Gasteiger charge is -2.49. The van der Waals surface area contributed by atoms with Crippen LogP contribution in [-0.4, -0.2) is 48.8 Å². The Hall–Kier alpha value is -1.39. The standard InChI is InChI=1S/C25H36INO5Si/c1-7-33(8-2,9-3)32-17(5)21-22-16(4)20(14-26)23(27(22)24(21)28)25(29)31-15-18-10-12-19(30-6)13-11-18/h10-13,16-17,21-22H,7-9,14-15H2,1-6H3/t16-,17?,21+,22+/m0/s1. The van der Waals surface area contributed by atoms with Crippen molar-refractivity contribution in [1.82, 2.24) is 4.90 Å². The molecule has 0 aromatic heterocycles. The van der Waals surface area contributed by atoms with E-state index in [4.69, 9.17) is 13.9 Å². The first kappa shape index (κ1) is 26.2. The highest BCUT2D eigenvalue weighted by Gasteiger charge is 2.60. The third-order valence-corrected chi connectivity index (χ3v) is 13.1. The molecule has 1 fully saturated rings. The van der Waals surface area contributed by atoms with E-state index < -0.39 is 14.3 Å². The highest BCUT2D eigenvalue weighted by atomic mass is 127. The molecule has 2 aliphatic rings. The monoisotopic (exact) mass is 585 g/mol. The van der Waals surface area contributed by atoms with Crippen LogP contribution in [0.15, 0.2) is 35.5 Å². The Morgan fingerprint density at radius 3 is 2.27 bits per heavy atom. The van der Waals surface area contributed by atoms with Gasteiger partial charge in [0.05, 0.1) is 25.2 Å². The van der Waals surface area contributed by atoms with Crippen molar-refractivity contribution in [2.45, 2.75) is 71.5 Å². The van der Waals surface area contributed by atoms with Gasteiger partial charge in [0, 0.05) is 10.3 Å². The van der Waals surface area contributed by atoms with E-state index in [9.17, 15) is 9.59 Å². The molecule has 182 valence electrons. The average Bonchev–Trinajstić information content (AvgIpc) is 3.09. The number of ether oxygens (including phenoxy) is 2. The maximum atomic E-state index is 13.3. The third kappa shape index (κ3) is 4.88. The van der Waals surface area contributed by atoms with Crippen molar-refractivity contribution in [3.8, 4) is 5.75 Å². The fourth-order valence-electron chi connectivity index (χ4n) is 5.20. The maximum Gasteiger partial charge on any atom is 0.355 e. The Labute approximate surface area is 212 Å². The number of carbonyl (C=O) groups excluding carboxylic acids is 2. The quantitative estimate of drug-likeness (QED) is 0.116. The zero-order valence-electron chi connectivity index (χ0n) is 20.5. The van der Waals surface area contributed by atoms with Crippen LogP contribution in [0.5, 0.6) is 5.75 Å². The Kier molecular flexibility index (Phi) is 8.66. The van der Waals surface area contributed by atoms with Gasteiger partial charge in [-0.05, 0) is 48.3 Å². The molecule has 3 rings (SSSR count). The van der Waals surface area contributed by atoms with E-state index >= 15 is 0 Å². The van der Waals surface area contributed by atoms with Crippen LogP contribution in [0.4, 0.5) is 0 Å². The molecular weight excluding hydrogens is 549 g/mol. The molecule has 1 aromatic carbocycles. The van der Waals surface area contributed by atoms with Crippen LogP contribution in [0.2, 0.25) is 18.1 Å². The fourth-order valence-corrected chi connectivity index (χ4v) is 9.19. The summed E-state index contributed by atoms with van der Waals surface area (Å²) < 4.78 is 18.1. The number of methoxy groups -OCH3 is 1. The van der Waals surface area contributed by atoms with E-state index in [2.05, 4.69) is 50.3 Å². The number of halogens is 1. The fraction of sp³-hybridized carbons (Fsp3) is 0.600. The number of benzene rings is 1. The van der Waals surface area contributed by atoms with E-state index in [1.807, 2.05) is 31.2 Å².